The molecule has 152 valence electrons. The zero-order valence-corrected chi connectivity index (χ0v) is 16.9. The molecule has 0 unspecified atom stereocenters. The first-order chi connectivity index (χ1) is 14.0. The SMILES string of the molecule is CC[C@H](C)[C@H](NC(=O)c1ccccc1)C(=O)Nc1cccc(N2CCCC2=O)c1. The molecule has 2 atom stereocenters. The fourth-order valence-electron chi connectivity index (χ4n) is 3.41. The van der Waals surface area contributed by atoms with Gasteiger partial charge in [-0.3, -0.25) is 14.4 Å². The second-order valence-electron chi connectivity index (χ2n) is 7.39. The molecule has 1 aliphatic rings. The molecule has 6 nitrogen and oxygen atoms in total. The topological polar surface area (TPSA) is 78.5 Å². The van der Waals surface area contributed by atoms with Gasteiger partial charge in [0.15, 0.2) is 0 Å². The number of hydrogen-bond donors (Lipinski definition) is 2. The molecule has 1 fully saturated rings. The summed E-state index contributed by atoms with van der Waals surface area (Å²) in [7, 11) is 0. The van der Waals surface area contributed by atoms with E-state index in [1.807, 2.05) is 32.0 Å². The third-order valence-electron chi connectivity index (χ3n) is 5.32. The highest BCUT2D eigenvalue weighted by Crippen LogP contribution is 2.24. The molecule has 2 aromatic rings. The molecular formula is C23H27N3O3. The van der Waals surface area contributed by atoms with Gasteiger partial charge in [-0.1, -0.05) is 44.5 Å². The van der Waals surface area contributed by atoms with E-state index in [-0.39, 0.29) is 23.6 Å². The molecular weight excluding hydrogens is 366 g/mol. The summed E-state index contributed by atoms with van der Waals surface area (Å²) in [5.74, 6) is -0.483. The van der Waals surface area contributed by atoms with Crippen molar-refractivity contribution in [2.75, 3.05) is 16.8 Å². The summed E-state index contributed by atoms with van der Waals surface area (Å²) in [5, 5.41) is 5.77. The summed E-state index contributed by atoms with van der Waals surface area (Å²) in [6.07, 6.45) is 2.14. The number of hydrogen-bond acceptors (Lipinski definition) is 3. The van der Waals surface area contributed by atoms with Crippen molar-refractivity contribution in [2.45, 2.75) is 39.2 Å². The summed E-state index contributed by atoms with van der Waals surface area (Å²) in [4.78, 5) is 39.3. The van der Waals surface area contributed by atoms with E-state index >= 15 is 0 Å². The van der Waals surface area contributed by atoms with Gasteiger partial charge in [0.2, 0.25) is 11.8 Å². The van der Waals surface area contributed by atoms with Crippen LogP contribution in [0.1, 0.15) is 43.5 Å². The van der Waals surface area contributed by atoms with Crippen molar-refractivity contribution in [1.29, 1.82) is 0 Å². The van der Waals surface area contributed by atoms with Gasteiger partial charge in [-0.2, -0.15) is 0 Å². The third kappa shape index (κ3) is 5.02. The summed E-state index contributed by atoms with van der Waals surface area (Å²) < 4.78 is 0. The highest BCUT2D eigenvalue weighted by atomic mass is 16.2. The van der Waals surface area contributed by atoms with Gasteiger partial charge in [0, 0.05) is 29.9 Å². The van der Waals surface area contributed by atoms with Crippen LogP contribution >= 0.6 is 0 Å². The highest BCUT2D eigenvalue weighted by Gasteiger charge is 2.27. The van der Waals surface area contributed by atoms with Gasteiger partial charge in [-0.25, -0.2) is 0 Å². The smallest absolute Gasteiger partial charge is 0.251 e. The standard InChI is InChI=1S/C23H27N3O3/c1-3-16(2)21(25-22(28)17-9-5-4-6-10-17)23(29)24-18-11-7-12-19(15-18)26-14-8-13-20(26)27/h4-7,9-12,15-16,21H,3,8,13-14H2,1-2H3,(H,24,29)(H,25,28)/t16-,21-/m0/s1. The van der Waals surface area contributed by atoms with E-state index in [1.165, 1.54) is 0 Å². The normalized spacial score (nSPS) is 15.7. The van der Waals surface area contributed by atoms with Crippen LogP contribution in [0.3, 0.4) is 0 Å². The van der Waals surface area contributed by atoms with E-state index in [4.69, 9.17) is 0 Å². The van der Waals surface area contributed by atoms with Crippen LogP contribution < -0.4 is 15.5 Å². The first-order valence-corrected chi connectivity index (χ1v) is 10.1. The zero-order chi connectivity index (χ0) is 20.8. The largest absolute Gasteiger partial charge is 0.340 e. The first-order valence-electron chi connectivity index (χ1n) is 10.1. The predicted molar refractivity (Wildman–Crippen MR) is 114 cm³/mol. The average Bonchev–Trinajstić information content (AvgIpc) is 3.18. The second kappa shape index (κ2) is 9.37. The van der Waals surface area contributed by atoms with Crippen molar-refractivity contribution in [3.63, 3.8) is 0 Å². The van der Waals surface area contributed by atoms with Crippen LogP contribution in [0.2, 0.25) is 0 Å². The van der Waals surface area contributed by atoms with Crippen LogP contribution in [0.25, 0.3) is 0 Å². The number of anilines is 2. The van der Waals surface area contributed by atoms with E-state index in [1.54, 1.807) is 41.3 Å². The molecule has 29 heavy (non-hydrogen) atoms. The summed E-state index contributed by atoms with van der Waals surface area (Å²) in [5.41, 5.74) is 1.90. The number of carbonyl (C=O) groups excluding carboxylic acids is 3. The third-order valence-corrected chi connectivity index (χ3v) is 5.32. The molecule has 3 rings (SSSR count). The molecule has 1 saturated heterocycles. The Morgan fingerprint density at radius 3 is 2.52 bits per heavy atom. The summed E-state index contributed by atoms with van der Waals surface area (Å²) >= 11 is 0. The lowest BCUT2D eigenvalue weighted by Gasteiger charge is -2.24. The lowest BCUT2D eigenvalue weighted by Crippen LogP contribution is -2.47. The molecule has 1 aliphatic heterocycles. The molecule has 0 aliphatic carbocycles. The van der Waals surface area contributed by atoms with Crippen LogP contribution in [-0.2, 0) is 9.59 Å². The number of nitrogens with one attached hydrogen (secondary N) is 2. The van der Waals surface area contributed by atoms with Crippen molar-refractivity contribution in [1.82, 2.24) is 5.32 Å². The summed E-state index contributed by atoms with van der Waals surface area (Å²) in [6, 6.07) is 15.5. The Bertz CT molecular complexity index is 882. The van der Waals surface area contributed by atoms with Gasteiger partial charge in [-0.15, -0.1) is 0 Å². The molecule has 0 bridgehead atoms. The molecule has 1 heterocycles. The van der Waals surface area contributed by atoms with Crippen molar-refractivity contribution in [3.8, 4) is 0 Å². The van der Waals surface area contributed by atoms with Crippen LogP contribution in [0.4, 0.5) is 11.4 Å². The van der Waals surface area contributed by atoms with Gasteiger partial charge in [0.1, 0.15) is 6.04 Å². The van der Waals surface area contributed by atoms with E-state index in [0.717, 1.165) is 18.5 Å². The van der Waals surface area contributed by atoms with E-state index in [9.17, 15) is 14.4 Å². The number of benzene rings is 2. The van der Waals surface area contributed by atoms with Gasteiger partial charge in [0.25, 0.3) is 5.91 Å². The van der Waals surface area contributed by atoms with Gasteiger partial charge in [-0.05, 0) is 42.7 Å². The number of nitrogens with zero attached hydrogens (tertiary/aromatic N) is 1. The lowest BCUT2D eigenvalue weighted by atomic mass is 9.97. The Kier molecular flexibility index (Phi) is 6.65. The molecule has 2 N–H and O–H groups in total. The second-order valence-corrected chi connectivity index (χ2v) is 7.39. The van der Waals surface area contributed by atoms with E-state index in [0.29, 0.717) is 24.2 Å². The fourth-order valence-corrected chi connectivity index (χ4v) is 3.41. The van der Waals surface area contributed by atoms with Crippen molar-refractivity contribution in [3.05, 3.63) is 60.2 Å². The van der Waals surface area contributed by atoms with Crippen molar-refractivity contribution < 1.29 is 14.4 Å². The number of rotatable bonds is 7. The molecule has 0 spiro atoms. The Labute approximate surface area is 171 Å². The lowest BCUT2D eigenvalue weighted by molar-refractivity contribution is -0.119. The Morgan fingerprint density at radius 1 is 1.10 bits per heavy atom. The highest BCUT2D eigenvalue weighted by molar-refractivity contribution is 6.02. The Morgan fingerprint density at radius 2 is 1.86 bits per heavy atom. The molecule has 3 amide bonds. The van der Waals surface area contributed by atoms with Crippen LogP contribution in [-0.4, -0.2) is 30.3 Å². The van der Waals surface area contributed by atoms with Gasteiger partial charge in [0.05, 0.1) is 0 Å². The quantitative estimate of drug-likeness (QED) is 0.754. The minimum absolute atomic E-state index is 0.0361. The number of amides is 3. The van der Waals surface area contributed by atoms with Crippen LogP contribution in [0, 0.1) is 5.92 Å². The van der Waals surface area contributed by atoms with E-state index in [2.05, 4.69) is 10.6 Å². The molecule has 6 heteroatoms. The predicted octanol–water partition coefficient (Wildman–Crippen LogP) is 3.60. The maximum absolute atomic E-state index is 13.0. The van der Waals surface area contributed by atoms with Crippen LogP contribution in [0.15, 0.2) is 54.6 Å². The maximum atomic E-state index is 13.0. The minimum Gasteiger partial charge on any atom is -0.340 e. The number of carbonyl (C=O) groups is 3. The molecule has 2 aromatic carbocycles. The average molecular weight is 393 g/mol. The Hall–Kier alpha value is -3.15. The van der Waals surface area contributed by atoms with Crippen molar-refractivity contribution >= 4 is 29.1 Å². The van der Waals surface area contributed by atoms with Crippen LogP contribution in [0.5, 0.6) is 0 Å². The monoisotopic (exact) mass is 393 g/mol. The maximum Gasteiger partial charge on any atom is 0.251 e. The van der Waals surface area contributed by atoms with Gasteiger partial charge < -0.3 is 15.5 Å². The van der Waals surface area contributed by atoms with E-state index < -0.39 is 6.04 Å². The fraction of sp³-hybridized carbons (Fsp3) is 0.348. The van der Waals surface area contributed by atoms with Crippen molar-refractivity contribution in [2.24, 2.45) is 5.92 Å². The molecule has 0 saturated carbocycles. The zero-order valence-electron chi connectivity index (χ0n) is 16.9. The first kappa shape index (κ1) is 20.6. The Balaban J connectivity index is 1.73. The summed E-state index contributed by atoms with van der Waals surface area (Å²) in [6.45, 7) is 4.62. The van der Waals surface area contributed by atoms with Gasteiger partial charge >= 0.3 is 0 Å². The minimum atomic E-state index is -0.662. The molecule has 0 aromatic heterocycles. The molecule has 0 radical (unpaired) electrons.